The van der Waals surface area contributed by atoms with Crippen LogP contribution in [-0.4, -0.2) is 52.8 Å². The molecule has 2 atom stereocenters. The molecule has 29 heavy (non-hydrogen) atoms. The van der Waals surface area contributed by atoms with Crippen molar-refractivity contribution in [1.82, 2.24) is 4.90 Å². The van der Waals surface area contributed by atoms with Crippen molar-refractivity contribution in [3.05, 3.63) is 66.2 Å². The fourth-order valence-corrected chi connectivity index (χ4v) is 3.80. The molecule has 0 aromatic heterocycles. The van der Waals surface area contributed by atoms with E-state index in [0.29, 0.717) is 19.6 Å². The van der Waals surface area contributed by atoms with Crippen molar-refractivity contribution < 1.29 is 24.5 Å². The summed E-state index contributed by atoms with van der Waals surface area (Å²) >= 11 is 0. The summed E-state index contributed by atoms with van der Waals surface area (Å²) in [6.07, 6.45) is 0.275. The number of ether oxygens (including phenoxy) is 1. The van der Waals surface area contributed by atoms with Crippen molar-refractivity contribution >= 4 is 11.9 Å². The highest BCUT2D eigenvalue weighted by Gasteiger charge is 2.50. The Bertz CT molecular complexity index is 811. The van der Waals surface area contributed by atoms with Crippen LogP contribution < -0.4 is 4.74 Å². The van der Waals surface area contributed by atoms with E-state index in [2.05, 4.69) is 0 Å². The Hall–Kier alpha value is -2.86. The monoisotopic (exact) mass is 397 g/mol. The third-order valence-electron chi connectivity index (χ3n) is 5.47. The second-order valence-electron chi connectivity index (χ2n) is 7.51. The zero-order chi connectivity index (χ0) is 20.7. The van der Waals surface area contributed by atoms with E-state index >= 15 is 0 Å². The number of aliphatic hydroxyl groups is 1. The molecule has 0 spiro atoms. The molecule has 0 aliphatic carbocycles. The van der Waals surface area contributed by atoms with Gasteiger partial charge in [0.05, 0.1) is 12.7 Å². The highest BCUT2D eigenvalue weighted by molar-refractivity contribution is 5.80. The van der Waals surface area contributed by atoms with Gasteiger partial charge in [-0.05, 0) is 37.0 Å². The molecule has 0 bridgehead atoms. The Morgan fingerprint density at radius 1 is 1.07 bits per heavy atom. The number of piperidine rings is 1. The van der Waals surface area contributed by atoms with Crippen LogP contribution >= 0.6 is 0 Å². The molecule has 2 aromatic rings. The lowest BCUT2D eigenvalue weighted by Crippen LogP contribution is -2.58. The standard InChI is InChI=1S/C23H27NO5/c25-20-13-14-24(21(26)12-7-15-29-19-10-5-2-6-11-19)17-23(20,22(27)28)16-18-8-3-1-4-9-18/h1-6,8-11,20,25H,7,12-17H2,(H,27,28)/t20-,23+/m0/s1. The minimum absolute atomic E-state index is 0.0107. The van der Waals surface area contributed by atoms with Gasteiger partial charge < -0.3 is 19.8 Å². The fraction of sp³-hybridized carbons (Fsp3) is 0.391. The number of amides is 1. The van der Waals surface area contributed by atoms with Crippen molar-refractivity contribution in [1.29, 1.82) is 0 Å². The van der Waals surface area contributed by atoms with Crippen LogP contribution in [-0.2, 0) is 16.0 Å². The molecule has 1 heterocycles. The highest BCUT2D eigenvalue weighted by atomic mass is 16.5. The van der Waals surface area contributed by atoms with Crippen LogP contribution in [0.5, 0.6) is 5.75 Å². The van der Waals surface area contributed by atoms with Crippen LogP contribution in [0.4, 0.5) is 0 Å². The Labute approximate surface area is 170 Å². The first-order valence-corrected chi connectivity index (χ1v) is 9.92. The number of benzene rings is 2. The van der Waals surface area contributed by atoms with E-state index in [9.17, 15) is 19.8 Å². The number of carbonyl (C=O) groups is 2. The Morgan fingerprint density at radius 3 is 2.38 bits per heavy atom. The highest BCUT2D eigenvalue weighted by Crippen LogP contribution is 2.35. The Kier molecular flexibility index (Phi) is 6.88. The maximum atomic E-state index is 12.7. The number of hydrogen-bond donors (Lipinski definition) is 2. The molecule has 1 amide bonds. The maximum absolute atomic E-state index is 12.7. The largest absolute Gasteiger partial charge is 0.494 e. The van der Waals surface area contributed by atoms with E-state index in [0.717, 1.165) is 11.3 Å². The van der Waals surface area contributed by atoms with Crippen molar-refractivity contribution in [3.63, 3.8) is 0 Å². The molecule has 6 heteroatoms. The number of aliphatic carboxylic acids is 1. The normalized spacial score (nSPS) is 21.6. The second-order valence-corrected chi connectivity index (χ2v) is 7.51. The van der Waals surface area contributed by atoms with Crippen LogP contribution in [0.2, 0.25) is 0 Å². The number of hydrogen-bond acceptors (Lipinski definition) is 4. The predicted molar refractivity (Wildman–Crippen MR) is 109 cm³/mol. The first-order valence-electron chi connectivity index (χ1n) is 9.92. The fourth-order valence-electron chi connectivity index (χ4n) is 3.80. The smallest absolute Gasteiger partial charge is 0.314 e. The molecule has 0 radical (unpaired) electrons. The van der Waals surface area contributed by atoms with Crippen LogP contribution in [0, 0.1) is 5.41 Å². The molecule has 1 saturated heterocycles. The van der Waals surface area contributed by atoms with Crippen LogP contribution in [0.15, 0.2) is 60.7 Å². The molecule has 0 unspecified atom stereocenters. The topological polar surface area (TPSA) is 87.1 Å². The van der Waals surface area contributed by atoms with E-state index in [1.807, 2.05) is 60.7 Å². The van der Waals surface area contributed by atoms with Gasteiger partial charge in [-0.15, -0.1) is 0 Å². The minimum atomic E-state index is -1.39. The van der Waals surface area contributed by atoms with Gasteiger partial charge in [-0.1, -0.05) is 48.5 Å². The van der Waals surface area contributed by atoms with Crippen molar-refractivity contribution in [2.45, 2.75) is 31.8 Å². The molecule has 3 rings (SSSR count). The first kappa shape index (κ1) is 20.9. The van der Waals surface area contributed by atoms with Crippen LogP contribution in [0.25, 0.3) is 0 Å². The summed E-state index contributed by atoms with van der Waals surface area (Å²) in [5.41, 5.74) is -0.560. The molecule has 1 fully saturated rings. The summed E-state index contributed by atoms with van der Waals surface area (Å²) in [6, 6.07) is 18.6. The van der Waals surface area contributed by atoms with Crippen molar-refractivity contribution in [2.24, 2.45) is 5.41 Å². The quantitative estimate of drug-likeness (QED) is 0.669. The summed E-state index contributed by atoms with van der Waals surface area (Å²) in [6.45, 7) is 0.792. The lowest BCUT2D eigenvalue weighted by atomic mass is 9.72. The average Bonchev–Trinajstić information content (AvgIpc) is 2.74. The third-order valence-corrected chi connectivity index (χ3v) is 5.47. The Balaban J connectivity index is 1.59. The summed E-state index contributed by atoms with van der Waals surface area (Å²) in [4.78, 5) is 26.4. The number of carbonyl (C=O) groups excluding carboxylic acids is 1. The van der Waals surface area contributed by atoms with E-state index in [4.69, 9.17) is 4.74 Å². The van der Waals surface area contributed by atoms with Gasteiger partial charge in [0.2, 0.25) is 5.91 Å². The number of carboxylic acids is 1. The SMILES string of the molecule is O=C(CCCOc1ccccc1)N1CC[C@H](O)[C@](Cc2ccccc2)(C(=O)O)C1. The van der Waals surface area contributed by atoms with Crippen molar-refractivity contribution in [3.8, 4) is 5.75 Å². The van der Waals surface area contributed by atoms with E-state index in [1.54, 1.807) is 4.90 Å². The number of likely N-dealkylation sites (tertiary alicyclic amines) is 1. The predicted octanol–water partition coefficient (Wildman–Crippen LogP) is 2.75. The average molecular weight is 397 g/mol. The first-order chi connectivity index (χ1) is 14.0. The third kappa shape index (κ3) is 5.15. The lowest BCUT2D eigenvalue weighted by Gasteiger charge is -2.43. The van der Waals surface area contributed by atoms with E-state index in [1.165, 1.54) is 0 Å². The number of aliphatic hydroxyl groups excluding tert-OH is 1. The zero-order valence-corrected chi connectivity index (χ0v) is 16.4. The van der Waals surface area contributed by atoms with Crippen LogP contribution in [0.1, 0.15) is 24.8 Å². The number of carboxylic acid groups (broad SMARTS) is 1. The Morgan fingerprint density at radius 2 is 1.72 bits per heavy atom. The van der Waals surface area contributed by atoms with Gasteiger partial charge in [0, 0.05) is 19.5 Å². The zero-order valence-electron chi connectivity index (χ0n) is 16.4. The summed E-state index contributed by atoms with van der Waals surface area (Å²) < 4.78 is 5.61. The summed E-state index contributed by atoms with van der Waals surface area (Å²) in [5, 5.41) is 20.5. The molecule has 2 aromatic carbocycles. The molecule has 2 N–H and O–H groups in total. The molecule has 6 nitrogen and oxygen atoms in total. The summed E-state index contributed by atoms with van der Waals surface area (Å²) in [7, 11) is 0. The van der Waals surface area contributed by atoms with E-state index < -0.39 is 17.5 Å². The molecule has 1 aliphatic heterocycles. The summed E-state index contributed by atoms with van der Waals surface area (Å²) in [5.74, 6) is -0.417. The van der Waals surface area contributed by atoms with Gasteiger partial charge >= 0.3 is 5.97 Å². The number of nitrogens with zero attached hydrogens (tertiary/aromatic N) is 1. The van der Waals surface area contributed by atoms with Gasteiger partial charge in [-0.25, -0.2) is 0 Å². The van der Waals surface area contributed by atoms with Gasteiger partial charge in [0.15, 0.2) is 0 Å². The lowest BCUT2D eigenvalue weighted by molar-refractivity contribution is -0.165. The maximum Gasteiger partial charge on any atom is 0.314 e. The molecular formula is C23H27NO5. The molecular weight excluding hydrogens is 370 g/mol. The van der Waals surface area contributed by atoms with Gasteiger partial charge in [0.1, 0.15) is 11.2 Å². The molecule has 0 saturated carbocycles. The molecule has 154 valence electrons. The van der Waals surface area contributed by atoms with Gasteiger partial charge in [0.25, 0.3) is 0 Å². The minimum Gasteiger partial charge on any atom is -0.494 e. The van der Waals surface area contributed by atoms with Crippen molar-refractivity contribution in [2.75, 3.05) is 19.7 Å². The van der Waals surface area contributed by atoms with E-state index in [-0.39, 0.29) is 31.7 Å². The van der Waals surface area contributed by atoms with Gasteiger partial charge in [-0.2, -0.15) is 0 Å². The number of rotatable bonds is 8. The van der Waals surface area contributed by atoms with Crippen LogP contribution in [0.3, 0.4) is 0 Å². The molecule has 1 aliphatic rings. The second kappa shape index (κ2) is 9.56. The van der Waals surface area contributed by atoms with Gasteiger partial charge in [-0.3, -0.25) is 9.59 Å². The number of para-hydroxylation sites is 1.